The van der Waals surface area contributed by atoms with E-state index in [1.807, 2.05) is 0 Å². The van der Waals surface area contributed by atoms with Crippen LogP contribution in [-0.2, 0) is 0 Å². The van der Waals surface area contributed by atoms with Crippen molar-refractivity contribution in [1.29, 1.82) is 5.41 Å². The highest BCUT2D eigenvalue weighted by Crippen LogP contribution is 1.76. The Bertz CT molecular complexity index is 118. The average Bonchev–Trinajstić information content (AvgIpc) is 1.65. The highest BCUT2D eigenvalue weighted by atomic mass is 16.3. The van der Waals surface area contributed by atoms with Crippen molar-refractivity contribution in [3.8, 4) is 0 Å². The topological polar surface area (TPSA) is 56.4 Å². The summed E-state index contributed by atoms with van der Waals surface area (Å²) in [6.07, 6.45) is 0. The molecular weight excluding hydrogens is 104 g/mol. The molecule has 0 aliphatic carbocycles. The maximum Gasteiger partial charge on any atom is 0.117 e. The van der Waals surface area contributed by atoms with E-state index in [2.05, 4.69) is 4.99 Å². The average molecular weight is 114 g/mol. The number of hydrogen-bond donors (Lipinski definition) is 2. The van der Waals surface area contributed by atoms with Crippen molar-refractivity contribution in [2.24, 2.45) is 4.99 Å². The first-order valence-corrected chi connectivity index (χ1v) is 2.37. The first-order valence-electron chi connectivity index (χ1n) is 2.37. The molecule has 0 spiro atoms. The van der Waals surface area contributed by atoms with Gasteiger partial charge in [-0.25, -0.2) is 4.99 Å². The Hall–Kier alpha value is -0.700. The lowest BCUT2D eigenvalue weighted by Crippen LogP contribution is -1.99. The molecule has 0 aliphatic heterocycles. The van der Waals surface area contributed by atoms with E-state index in [-0.39, 0.29) is 12.4 Å². The van der Waals surface area contributed by atoms with Crippen LogP contribution in [0.1, 0.15) is 13.8 Å². The van der Waals surface area contributed by atoms with Gasteiger partial charge in [-0.1, -0.05) is 0 Å². The number of aliphatic hydroxyl groups excluding tert-OH is 1. The molecule has 0 atom stereocenters. The molecule has 0 amide bonds. The monoisotopic (exact) mass is 114 g/mol. The quantitative estimate of drug-likeness (QED) is 0.377. The van der Waals surface area contributed by atoms with Gasteiger partial charge in [-0.2, -0.15) is 0 Å². The van der Waals surface area contributed by atoms with Crippen LogP contribution >= 0.6 is 0 Å². The number of nitrogens with zero attached hydrogens (tertiary/aromatic N) is 1. The van der Waals surface area contributed by atoms with Gasteiger partial charge in [0, 0.05) is 5.71 Å². The zero-order chi connectivity index (χ0) is 6.57. The van der Waals surface area contributed by atoms with E-state index in [1.165, 1.54) is 0 Å². The van der Waals surface area contributed by atoms with Gasteiger partial charge in [-0.15, -0.1) is 0 Å². The lowest BCUT2D eigenvalue weighted by Gasteiger charge is -1.89. The third-order valence-corrected chi connectivity index (χ3v) is 0.587. The van der Waals surface area contributed by atoms with Crippen LogP contribution in [0.5, 0.6) is 0 Å². The minimum atomic E-state index is -0.0593. The summed E-state index contributed by atoms with van der Waals surface area (Å²) in [5.74, 6) is 0.233. The fourth-order valence-corrected chi connectivity index (χ4v) is 0.322. The Balaban J connectivity index is 3.75. The minimum Gasteiger partial charge on any atom is -0.390 e. The SMILES string of the molecule is CC(=N)N=C(C)CO. The van der Waals surface area contributed by atoms with E-state index in [9.17, 15) is 0 Å². The largest absolute Gasteiger partial charge is 0.390 e. The molecule has 0 unspecified atom stereocenters. The highest BCUT2D eigenvalue weighted by Gasteiger charge is 1.84. The molecule has 46 valence electrons. The van der Waals surface area contributed by atoms with Crippen molar-refractivity contribution in [2.75, 3.05) is 6.61 Å². The van der Waals surface area contributed by atoms with Gasteiger partial charge in [0.1, 0.15) is 5.84 Å². The number of aliphatic hydroxyl groups is 1. The van der Waals surface area contributed by atoms with Gasteiger partial charge in [0.15, 0.2) is 0 Å². The fourth-order valence-electron chi connectivity index (χ4n) is 0.322. The Morgan fingerprint density at radius 2 is 2.12 bits per heavy atom. The van der Waals surface area contributed by atoms with Crippen LogP contribution in [0.15, 0.2) is 4.99 Å². The summed E-state index contributed by atoms with van der Waals surface area (Å²) in [5.41, 5.74) is 0.581. The molecule has 0 saturated heterocycles. The lowest BCUT2D eigenvalue weighted by atomic mass is 10.4. The third kappa shape index (κ3) is 3.49. The van der Waals surface area contributed by atoms with Crippen LogP contribution < -0.4 is 0 Å². The van der Waals surface area contributed by atoms with Crippen LogP contribution in [0.25, 0.3) is 0 Å². The molecule has 3 nitrogen and oxygen atoms in total. The molecule has 0 rings (SSSR count). The van der Waals surface area contributed by atoms with Crippen molar-refractivity contribution >= 4 is 11.5 Å². The summed E-state index contributed by atoms with van der Waals surface area (Å²) in [6.45, 7) is 3.19. The second-order valence-corrected chi connectivity index (χ2v) is 1.59. The maximum absolute atomic E-state index is 8.36. The number of rotatable bonds is 1. The summed E-state index contributed by atoms with van der Waals surface area (Å²) in [5, 5.41) is 15.2. The van der Waals surface area contributed by atoms with Gasteiger partial charge in [0.25, 0.3) is 0 Å². The molecule has 3 heteroatoms. The molecular formula is C5H10N2O. The van der Waals surface area contributed by atoms with Crippen molar-refractivity contribution in [1.82, 2.24) is 0 Å². The van der Waals surface area contributed by atoms with Gasteiger partial charge >= 0.3 is 0 Å². The van der Waals surface area contributed by atoms with Gasteiger partial charge in [0.2, 0.25) is 0 Å². The summed E-state index contributed by atoms with van der Waals surface area (Å²) < 4.78 is 0. The third-order valence-electron chi connectivity index (χ3n) is 0.587. The van der Waals surface area contributed by atoms with E-state index < -0.39 is 0 Å². The molecule has 0 saturated carbocycles. The molecule has 0 aromatic carbocycles. The van der Waals surface area contributed by atoms with Crippen molar-refractivity contribution in [3.63, 3.8) is 0 Å². The summed E-state index contributed by atoms with van der Waals surface area (Å²) in [6, 6.07) is 0. The molecule has 2 N–H and O–H groups in total. The molecule has 0 aromatic rings. The Morgan fingerprint density at radius 1 is 1.62 bits per heavy atom. The lowest BCUT2D eigenvalue weighted by molar-refractivity contribution is 0.357. The molecule has 0 aliphatic rings. The van der Waals surface area contributed by atoms with Gasteiger partial charge in [-0.05, 0) is 13.8 Å². The molecule has 8 heavy (non-hydrogen) atoms. The molecule has 0 radical (unpaired) electrons. The fraction of sp³-hybridized carbons (Fsp3) is 0.600. The highest BCUT2D eigenvalue weighted by molar-refractivity contribution is 5.94. The van der Waals surface area contributed by atoms with Gasteiger partial charge in [0.05, 0.1) is 6.61 Å². The van der Waals surface area contributed by atoms with Crippen LogP contribution in [0.4, 0.5) is 0 Å². The van der Waals surface area contributed by atoms with Crippen molar-refractivity contribution in [2.45, 2.75) is 13.8 Å². The number of amidine groups is 1. The number of hydrogen-bond acceptors (Lipinski definition) is 2. The molecule has 0 fully saturated rings. The Labute approximate surface area is 48.6 Å². The first kappa shape index (κ1) is 7.30. The van der Waals surface area contributed by atoms with Crippen LogP contribution in [-0.4, -0.2) is 23.3 Å². The zero-order valence-corrected chi connectivity index (χ0v) is 5.10. The van der Waals surface area contributed by atoms with E-state index in [0.717, 1.165) is 0 Å². The second kappa shape index (κ2) is 3.32. The number of nitrogens with one attached hydrogen (secondary N) is 1. The van der Waals surface area contributed by atoms with Crippen molar-refractivity contribution in [3.05, 3.63) is 0 Å². The predicted octanol–water partition coefficient (Wildman–Crippen LogP) is 0.437. The van der Waals surface area contributed by atoms with Crippen molar-refractivity contribution < 1.29 is 5.11 Å². The smallest absolute Gasteiger partial charge is 0.117 e. The van der Waals surface area contributed by atoms with Crippen LogP contribution in [0.2, 0.25) is 0 Å². The van der Waals surface area contributed by atoms with Crippen LogP contribution in [0.3, 0.4) is 0 Å². The summed E-state index contributed by atoms with van der Waals surface area (Å²) >= 11 is 0. The van der Waals surface area contributed by atoms with E-state index in [4.69, 9.17) is 10.5 Å². The standard InChI is InChI=1S/C5H10N2O/c1-4(3-8)7-5(2)6/h6,8H,3H2,1-2H3. The zero-order valence-electron chi connectivity index (χ0n) is 5.10. The van der Waals surface area contributed by atoms with E-state index >= 15 is 0 Å². The number of aliphatic imine (C=N–C) groups is 1. The van der Waals surface area contributed by atoms with Gasteiger partial charge in [-0.3, -0.25) is 5.41 Å². The molecule has 0 aromatic heterocycles. The molecule has 0 bridgehead atoms. The normalized spacial score (nSPS) is 11.6. The van der Waals surface area contributed by atoms with E-state index in [1.54, 1.807) is 13.8 Å². The predicted molar refractivity (Wildman–Crippen MR) is 33.6 cm³/mol. The summed E-state index contributed by atoms with van der Waals surface area (Å²) in [4.78, 5) is 3.65. The summed E-state index contributed by atoms with van der Waals surface area (Å²) in [7, 11) is 0. The molecule has 0 heterocycles. The minimum absolute atomic E-state index is 0.0593. The maximum atomic E-state index is 8.36. The Morgan fingerprint density at radius 3 is 2.25 bits per heavy atom. The first-order chi connectivity index (χ1) is 3.66. The van der Waals surface area contributed by atoms with Crippen LogP contribution in [0, 0.1) is 5.41 Å². The van der Waals surface area contributed by atoms with Gasteiger partial charge < -0.3 is 5.11 Å². The Kier molecular flexibility index (Phi) is 3.03. The van der Waals surface area contributed by atoms with E-state index in [0.29, 0.717) is 5.71 Å². The second-order valence-electron chi connectivity index (χ2n) is 1.59.